The van der Waals surface area contributed by atoms with Crippen LogP contribution in [0.15, 0.2) is 48.5 Å². The van der Waals surface area contributed by atoms with Crippen molar-refractivity contribution in [3.63, 3.8) is 0 Å². The molecule has 1 aromatic heterocycles. The fourth-order valence-corrected chi connectivity index (χ4v) is 6.07. The second kappa shape index (κ2) is 9.88. The van der Waals surface area contributed by atoms with Crippen molar-refractivity contribution in [1.29, 1.82) is 0 Å². The molecule has 1 fully saturated rings. The molecule has 5 heteroatoms. The first-order valence-electron chi connectivity index (χ1n) is 13.1. The van der Waals surface area contributed by atoms with E-state index in [0.717, 1.165) is 40.6 Å². The normalized spacial score (nSPS) is 20.7. The lowest BCUT2D eigenvalue weighted by Crippen LogP contribution is -2.52. The number of nitrogens with one attached hydrogen (secondary N) is 1. The minimum Gasteiger partial charge on any atom is -0.467 e. The molecule has 1 N–H and O–H groups in total. The number of esters is 1. The van der Waals surface area contributed by atoms with Crippen molar-refractivity contribution in [2.75, 3.05) is 7.11 Å². The van der Waals surface area contributed by atoms with Crippen LogP contribution in [0, 0.1) is 5.92 Å². The molecular weight excluding hydrogens is 436 g/mol. The summed E-state index contributed by atoms with van der Waals surface area (Å²) < 4.78 is 5.26. The number of rotatable bonds is 5. The van der Waals surface area contributed by atoms with Crippen LogP contribution in [0.3, 0.4) is 0 Å². The van der Waals surface area contributed by atoms with Gasteiger partial charge in [-0.25, -0.2) is 4.79 Å². The molecule has 2 aliphatic rings. The number of H-pyrrole nitrogens is 1. The van der Waals surface area contributed by atoms with Crippen LogP contribution in [0.25, 0.3) is 10.9 Å². The van der Waals surface area contributed by atoms with Crippen molar-refractivity contribution in [3.05, 3.63) is 70.9 Å². The van der Waals surface area contributed by atoms with Crippen LogP contribution < -0.4 is 0 Å². The molecule has 2 aromatic carbocycles. The van der Waals surface area contributed by atoms with Crippen LogP contribution in [0.2, 0.25) is 0 Å². The van der Waals surface area contributed by atoms with E-state index >= 15 is 0 Å². The zero-order chi connectivity index (χ0) is 24.5. The van der Waals surface area contributed by atoms with Crippen LogP contribution in [-0.4, -0.2) is 34.9 Å². The maximum atomic E-state index is 14.0. The number of hydrogen-bond donors (Lipinski definition) is 1. The zero-order valence-corrected chi connectivity index (χ0v) is 21.0. The summed E-state index contributed by atoms with van der Waals surface area (Å²) in [6.45, 7) is 4.36. The van der Waals surface area contributed by atoms with Gasteiger partial charge in [-0.3, -0.25) is 4.79 Å². The number of aromatic nitrogens is 1. The van der Waals surface area contributed by atoms with E-state index in [-0.39, 0.29) is 17.9 Å². The van der Waals surface area contributed by atoms with Crippen molar-refractivity contribution in [2.45, 2.75) is 76.8 Å². The number of carbonyl (C=O) groups is 2. The van der Waals surface area contributed by atoms with E-state index in [2.05, 4.69) is 55.2 Å². The van der Waals surface area contributed by atoms with Gasteiger partial charge in [0.15, 0.2) is 0 Å². The molecule has 1 amide bonds. The molecule has 0 saturated heterocycles. The van der Waals surface area contributed by atoms with Gasteiger partial charge in [0.05, 0.1) is 13.2 Å². The van der Waals surface area contributed by atoms with Crippen molar-refractivity contribution in [3.8, 4) is 0 Å². The standard InChI is InChI=1S/C30H36N2O3/c1-19(2)21-13-15-22(16-14-21)29-28-24(23-11-7-8-12-25(23)31-28)18-26(30(34)35-3)32(29)27(33)17-20-9-5-4-6-10-20/h7-8,11-16,19-20,26,29,31H,4-6,9-10,17-18H2,1-3H3/t26-,29?/m1/s1. The molecule has 1 aliphatic heterocycles. The van der Waals surface area contributed by atoms with E-state index in [9.17, 15) is 9.59 Å². The molecule has 2 atom stereocenters. The Balaban J connectivity index is 1.63. The Kier molecular flexibility index (Phi) is 6.68. The topological polar surface area (TPSA) is 62.4 Å². The van der Waals surface area contributed by atoms with E-state index in [1.807, 2.05) is 17.0 Å². The van der Waals surface area contributed by atoms with Crippen LogP contribution in [0.5, 0.6) is 0 Å². The molecule has 1 unspecified atom stereocenters. The van der Waals surface area contributed by atoms with Gasteiger partial charge in [-0.1, -0.05) is 75.6 Å². The van der Waals surface area contributed by atoms with Crippen LogP contribution in [-0.2, 0) is 20.7 Å². The minimum atomic E-state index is -0.641. The lowest BCUT2D eigenvalue weighted by Gasteiger charge is -2.41. The molecule has 5 nitrogen and oxygen atoms in total. The average molecular weight is 473 g/mol. The van der Waals surface area contributed by atoms with Gasteiger partial charge in [0.1, 0.15) is 6.04 Å². The van der Waals surface area contributed by atoms with Crippen LogP contribution in [0.1, 0.15) is 86.7 Å². The third-order valence-corrected chi connectivity index (χ3v) is 8.00. The highest BCUT2D eigenvalue weighted by molar-refractivity contribution is 5.91. The van der Waals surface area contributed by atoms with Gasteiger partial charge >= 0.3 is 5.97 Å². The Morgan fingerprint density at radius 1 is 1.03 bits per heavy atom. The quantitative estimate of drug-likeness (QED) is 0.445. The number of carbonyl (C=O) groups excluding carboxylic acids is 2. The van der Waals surface area contributed by atoms with E-state index in [4.69, 9.17) is 4.74 Å². The number of para-hydroxylation sites is 1. The SMILES string of the molecule is COC(=O)[C@H]1Cc2c([nH]c3ccccc23)C(c2ccc(C(C)C)cc2)N1C(=O)CC1CCCCC1. The van der Waals surface area contributed by atoms with Gasteiger partial charge < -0.3 is 14.6 Å². The van der Waals surface area contributed by atoms with Crippen molar-refractivity contribution < 1.29 is 14.3 Å². The van der Waals surface area contributed by atoms with Crippen LogP contribution in [0.4, 0.5) is 0 Å². The number of nitrogens with zero attached hydrogens (tertiary/aromatic N) is 1. The smallest absolute Gasteiger partial charge is 0.328 e. The Bertz CT molecular complexity index is 1200. The van der Waals surface area contributed by atoms with Crippen molar-refractivity contribution in [1.82, 2.24) is 9.88 Å². The second-order valence-electron chi connectivity index (χ2n) is 10.5. The summed E-state index contributed by atoms with van der Waals surface area (Å²) in [4.78, 5) is 32.6. The van der Waals surface area contributed by atoms with Gasteiger partial charge in [0, 0.05) is 29.4 Å². The molecule has 3 aromatic rings. The van der Waals surface area contributed by atoms with Crippen molar-refractivity contribution in [2.24, 2.45) is 5.92 Å². The van der Waals surface area contributed by atoms with Gasteiger partial charge in [0.2, 0.25) is 5.91 Å². The van der Waals surface area contributed by atoms with Gasteiger partial charge in [-0.05, 0) is 47.4 Å². The fraction of sp³-hybridized carbons (Fsp3) is 0.467. The Labute approximate surface area is 207 Å². The molecule has 0 bridgehead atoms. The minimum absolute atomic E-state index is 0.0505. The molecule has 1 aliphatic carbocycles. The summed E-state index contributed by atoms with van der Waals surface area (Å²) in [5, 5.41) is 1.11. The molecule has 35 heavy (non-hydrogen) atoms. The number of benzene rings is 2. The summed E-state index contributed by atoms with van der Waals surface area (Å²) in [5.74, 6) is 0.518. The summed E-state index contributed by atoms with van der Waals surface area (Å²) in [5.41, 5.74) is 5.43. The highest BCUT2D eigenvalue weighted by atomic mass is 16.5. The van der Waals surface area contributed by atoms with Crippen LogP contribution >= 0.6 is 0 Å². The Morgan fingerprint density at radius 3 is 2.43 bits per heavy atom. The number of methoxy groups -OCH3 is 1. The fourth-order valence-electron chi connectivity index (χ4n) is 6.07. The zero-order valence-electron chi connectivity index (χ0n) is 21.0. The maximum Gasteiger partial charge on any atom is 0.328 e. The molecule has 0 spiro atoms. The second-order valence-corrected chi connectivity index (χ2v) is 10.5. The maximum absolute atomic E-state index is 14.0. The van der Waals surface area contributed by atoms with E-state index in [1.54, 1.807) is 0 Å². The lowest BCUT2D eigenvalue weighted by atomic mass is 9.84. The average Bonchev–Trinajstić information content (AvgIpc) is 3.26. The molecule has 1 saturated carbocycles. The predicted molar refractivity (Wildman–Crippen MR) is 138 cm³/mol. The van der Waals surface area contributed by atoms with Gasteiger partial charge in [-0.15, -0.1) is 0 Å². The number of fused-ring (bicyclic) bond motifs is 3. The van der Waals surface area contributed by atoms with E-state index in [0.29, 0.717) is 24.7 Å². The number of hydrogen-bond acceptors (Lipinski definition) is 3. The molecule has 0 radical (unpaired) electrons. The number of ether oxygens (including phenoxy) is 1. The molecule has 184 valence electrons. The lowest BCUT2D eigenvalue weighted by molar-refractivity contribution is -0.155. The monoisotopic (exact) mass is 472 g/mol. The first-order chi connectivity index (χ1) is 17.0. The van der Waals surface area contributed by atoms with Gasteiger partial charge in [-0.2, -0.15) is 0 Å². The van der Waals surface area contributed by atoms with Gasteiger partial charge in [0.25, 0.3) is 0 Å². The first-order valence-corrected chi connectivity index (χ1v) is 13.1. The Morgan fingerprint density at radius 2 is 1.74 bits per heavy atom. The molecule has 2 heterocycles. The summed E-state index contributed by atoms with van der Waals surface area (Å²) in [6.07, 6.45) is 6.76. The number of amides is 1. The highest BCUT2D eigenvalue weighted by Crippen LogP contribution is 2.42. The largest absolute Gasteiger partial charge is 0.467 e. The highest BCUT2D eigenvalue weighted by Gasteiger charge is 2.44. The Hall–Kier alpha value is -3.08. The third kappa shape index (κ3) is 4.49. The molecular formula is C30H36N2O3. The molecule has 5 rings (SSSR count). The number of aromatic amines is 1. The first kappa shape index (κ1) is 23.7. The summed E-state index contributed by atoms with van der Waals surface area (Å²) in [6, 6.07) is 15.7. The van der Waals surface area contributed by atoms with Crippen molar-refractivity contribution >= 4 is 22.8 Å². The van der Waals surface area contributed by atoms with E-state index in [1.165, 1.54) is 31.9 Å². The third-order valence-electron chi connectivity index (χ3n) is 8.00. The predicted octanol–water partition coefficient (Wildman–Crippen LogP) is 6.28. The van der Waals surface area contributed by atoms with E-state index < -0.39 is 6.04 Å². The summed E-state index contributed by atoms with van der Waals surface area (Å²) in [7, 11) is 1.42. The summed E-state index contributed by atoms with van der Waals surface area (Å²) >= 11 is 0.